The van der Waals surface area contributed by atoms with Crippen LogP contribution in [-0.4, -0.2) is 28.1 Å². The maximum Gasteiger partial charge on any atom is 0.230 e. The summed E-state index contributed by atoms with van der Waals surface area (Å²) in [7, 11) is 0. The highest BCUT2D eigenvalue weighted by Gasteiger charge is 2.32. The predicted molar refractivity (Wildman–Crippen MR) is 78.4 cm³/mol. The monoisotopic (exact) mass is 263 g/mol. The van der Waals surface area contributed by atoms with E-state index in [-0.39, 0.29) is 17.7 Å². The number of hydrogen-bond donors (Lipinski definition) is 1. The first-order valence-electron chi connectivity index (χ1n) is 6.82. The van der Waals surface area contributed by atoms with Gasteiger partial charge in [-0.2, -0.15) is 0 Å². The molecule has 0 unspecified atom stereocenters. The first-order chi connectivity index (χ1) is 8.89. The van der Waals surface area contributed by atoms with Crippen molar-refractivity contribution < 1.29 is 9.90 Å². The molecule has 0 saturated heterocycles. The summed E-state index contributed by atoms with van der Waals surface area (Å²) >= 11 is 0. The topological polar surface area (TPSA) is 40.5 Å². The van der Waals surface area contributed by atoms with Crippen molar-refractivity contribution in [3.63, 3.8) is 0 Å². The van der Waals surface area contributed by atoms with Gasteiger partial charge in [0.05, 0.1) is 5.60 Å². The molecule has 3 nitrogen and oxygen atoms in total. The molecule has 0 saturated carbocycles. The highest BCUT2D eigenvalue weighted by atomic mass is 16.3. The van der Waals surface area contributed by atoms with E-state index in [0.717, 1.165) is 6.42 Å². The second-order valence-corrected chi connectivity index (χ2v) is 5.75. The van der Waals surface area contributed by atoms with Gasteiger partial charge >= 0.3 is 0 Å². The zero-order valence-electron chi connectivity index (χ0n) is 12.0. The van der Waals surface area contributed by atoms with E-state index in [4.69, 9.17) is 0 Å². The van der Waals surface area contributed by atoms with Crippen molar-refractivity contribution in [1.29, 1.82) is 0 Å². The van der Waals surface area contributed by atoms with Gasteiger partial charge in [-0.3, -0.25) is 4.79 Å². The second-order valence-electron chi connectivity index (χ2n) is 5.75. The lowest BCUT2D eigenvalue weighted by atomic mass is 9.83. The number of carbonyl (C=O) groups excluding carboxylic acids is 1. The van der Waals surface area contributed by atoms with Crippen molar-refractivity contribution >= 4 is 5.91 Å². The molecule has 0 bridgehead atoms. The van der Waals surface area contributed by atoms with E-state index in [1.807, 2.05) is 12.3 Å². The Morgan fingerprint density at radius 2 is 2.00 bits per heavy atom. The van der Waals surface area contributed by atoms with Gasteiger partial charge in [-0.05, 0) is 39.0 Å². The Morgan fingerprint density at radius 1 is 1.37 bits per heavy atom. The molecule has 1 rings (SSSR count). The van der Waals surface area contributed by atoms with Crippen LogP contribution < -0.4 is 0 Å². The molecular weight excluding hydrogens is 238 g/mol. The van der Waals surface area contributed by atoms with Crippen molar-refractivity contribution in [2.45, 2.75) is 38.7 Å². The minimum atomic E-state index is -0.750. The van der Waals surface area contributed by atoms with Crippen LogP contribution in [0.3, 0.4) is 0 Å². The largest absolute Gasteiger partial charge is 0.390 e. The Hall–Kier alpha value is -1.35. The Balaban J connectivity index is 2.75. The van der Waals surface area contributed by atoms with E-state index in [2.05, 4.69) is 19.2 Å². The summed E-state index contributed by atoms with van der Waals surface area (Å²) in [6.45, 7) is 11.5. The van der Waals surface area contributed by atoms with Crippen LogP contribution in [0.2, 0.25) is 0 Å². The van der Waals surface area contributed by atoms with Crippen LogP contribution in [-0.2, 0) is 4.79 Å². The maximum atomic E-state index is 12.4. The van der Waals surface area contributed by atoms with Crippen LogP contribution in [0.25, 0.3) is 0 Å². The Bertz CT molecular complexity index is 365. The van der Waals surface area contributed by atoms with Gasteiger partial charge in [0.25, 0.3) is 0 Å². The standard InChI is InChI=1S/C16H25NO2/c1-5-7-13-9-11-17(12-10-16(3,4)19)15(18)14(13)8-6-2/h5-6,9,11,13-14,19H,1-2,7-8,10,12H2,3-4H3/t13-,14+/m0/s1. The van der Waals surface area contributed by atoms with Crippen molar-refractivity contribution in [2.24, 2.45) is 11.8 Å². The molecule has 1 heterocycles. The minimum Gasteiger partial charge on any atom is -0.390 e. The van der Waals surface area contributed by atoms with E-state index >= 15 is 0 Å². The van der Waals surface area contributed by atoms with E-state index in [9.17, 15) is 9.90 Å². The van der Waals surface area contributed by atoms with Gasteiger partial charge in [-0.25, -0.2) is 0 Å². The Kier molecular flexibility index (Phi) is 5.55. The van der Waals surface area contributed by atoms with Crippen molar-refractivity contribution in [2.75, 3.05) is 6.54 Å². The number of amides is 1. The molecular formula is C16H25NO2. The lowest BCUT2D eigenvalue weighted by Crippen LogP contribution is -2.41. The fourth-order valence-corrected chi connectivity index (χ4v) is 2.29. The first-order valence-corrected chi connectivity index (χ1v) is 6.82. The minimum absolute atomic E-state index is 0.0534. The zero-order chi connectivity index (χ0) is 14.5. The maximum absolute atomic E-state index is 12.4. The number of nitrogens with zero attached hydrogens (tertiary/aromatic N) is 1. The van der Waals surface area contributed by atoms with E-state index < -0.39 is 5.60 Å². The van der Waals surface area contributed by atoms with E-state index in [1.54, 1.807) is 24.8 Å². The van der Waals surface area contributed by atoms with Gasteiger partial charge in [0, 0.05) is 18.7 Å². The molecule has 0 aromatic heterocycles. The second kappa shape index (κ2) is 6.71. The van der Waals surface area contributed by atoms with Crippen LogP contribution in [0.1, 0.15) is 33.1 Å². The average Bonchev–Trinajstić information content (AvgIpc) is 2.32. The molecule has 1 N–H and O–H groups in total. The van der Waals surface area contributed by atoms with Crippen LogP contribution in [0, 0.1) is 11.8 Å². The normalized spacial score (nSPS) is 23.5. The van der Waals surface area contributed by atoms with Crippen LogP contribution in [0.5, 0.6) is 0 Å². The quantitative estimate of drug-likeness (QED) is 0.717. The summed E-state index contributed by atoms with van der Waals surface area (Å²) in [5.41, 5.74) is -0.750. The van der Waals surface area contributed by atoms with Gasteiger partial charge in [0.15, 0.2) is 0 Å². The summed E-state index contributed by atoms with van der Waals surface area (Å²) in [5, 5.41) is 9.75. The molecule has 1 aliphatic rings. The SMILES string of the molecule is C=CC[C@H]1C=CN(CCC(C)(C)O)C(=O)[C@@H]1CC=C. The molecule has 106 valence electrons. The lowest BCUT2D eigenvalue weighted by molar-refractivity contribution is -0.135. The highest BCUT2D eigenvalue weighted by molar-refractivity contribution is 5.81. The number of aliphatic hydroxyl groups is 1. The fourth-order valence-electron chi connectivity index (χ4n) is 2.29. The molecule has 19 heavy (non-hydrogen) atoms. The molecule has 3 heteroatoms. The third-order valence-electron chi connectivity index (χ3n) is 3.45. The van der Waals surface area contributed by atoms with Crippen molar-refractivity contribution in [3.8, 4) is 0 Å². The van der Waals surface area contributed by atoms with E-state index in [1.165, 1.54) is 0 Å². The Morgan fingerprint density at radius 3 is 2.53 bits per heavy atom. The first kappa shape index (κ1) is 15.7. The average molecular weight is 263 g/mol. The van der Waals surface area contributed by atoms with Gasteiger partial charge < -0.3 is 10.0 Å². The van der Waals surface area contributed by atoms with Crippen molar-refractivity contribution in [3.05, 3.63) is 37.6 Å². The molecule has 0 aromatic rings. The molecule has 0 aromatic carbocycles. The summed E-state index contributed by atoms with van der Waals surface area (Å²) in [6.07, 6.45) is 9.62. The molecule has 0 fully saturated rings. The van der Waals surface area contributed by atoms with Crippen LogP contribution in [0.4, 0.5) is 0 Å². The number of carbonyl (C=O) groups is 1. The molecule has 0 aliphatic carbocycles. The summed E-state index contributed by atoms with van der Waals surface area (Å²) in [6, 6.07) is 0. The molecule has 2 atom stereocenters. The Labute approximate surface area is 116 Å². The smallest absolute Gasteiger partial charge is 0.230 e. The molecule has 1 amide bonds. The van der Waals surface area contributed by atoms with Gasteiger partial charge in [-0.15, -0.1) is 13.2 Å². The van der Waals surface area contributed by atoms with Gasteiger partial charge in [0.1, 0.15) is 0 Å². The summed E-state index contributed by atoms with van der Waals surface area (Å²) < 4.78 is 0. The molecule has 0 spiro atoms. The summed E-state index contributed by atoms with van der Waals surface area (Å²) in [4.78, 5) is 14.1. The fraction of sp³-hybridized carbons (Fsp3) is 0.562. The number of allylic oxidation sites excluding steroid dienone is 3. The predicted octanol–water partition coefficient (Wildman–Crippen LogP) is 2.89. The number of hydrogen-bond acceptors (Lipinski definition) is 2. The molecule has 0 radical (unpaired) electrons. The van der Waals surface area contributed by atoms with Crippen molar-refractivity contribution in [1.82, 2.24) is 4.90 Å². The highest BCUT2D eigenvalue weighted by Crippen LogP contribution is 2.29. The van der Waals surface area contributed by atoms with E-state index in [0.29, 0.717) is 19.4 Å². The lowest BCUT2D eigenvalue weighted by Gasteiger charge is -2.33. The van der Waals surface area contributed by atoms with Crippen LogP contribution in [0.15, 0.2) is 37.6 Å². The zero-order valence-corrected chi connectivity index (χ0v) is 12.0. The number of rotatable bonds is 7. The molecule has 1 aliphatic heterocycles. The van der Waals surface area contributed by atoms with Crippen LogP contribution >= 0.6 is 0 Å². The van der Waals surface area contributed by atoms with Gasteiger partial charge in [-0.1, -0.05) is 18.2 Å². The third-order valence-corrected chi connectivity index (χ3v) is 3.45. The third kappa shape index (κ3) is 4.67. The van der Waals surface area contributed by atoms with Gasteiger partial charge in [0.2, 0.25) is 5.91 Å². The summed E-state index contributed by atoms with van der Waals surface area (Å²) in [5.74, 6) is 0.280.